The fraction of sp³-hybridized carbons (Fsp3) is 0.263. The van der Waals surface area contributed by atoms with Crippen LogP contribution in [0, 0.1) is 6.92 Å². The number of aryl methyl sites for hydroxylation is 1. The van der Waals surface area contributed by atoms with Crippen molar-refractivity contribution in [2.24, 2.45) is 5.73 Å². The first kappa shape index (κ1) is 17.7. The number of carbonyl (C=O) groups excluding carboxylic acids is 2. The van der Waals surface area contributed by atoms with Crippen LogP contribution in [0.2, 0.25) is 0 Å². The van der Waals surface area contributed by atoms with Crippen molar-refractivity contribution in [1.29, 1.82) is 0 Å². The van der Waals surface area contributed by atoms with Crippen molar-refractivity contribution in [2.45, 2.75) is 20.0 Å². The summed E-state index contributed by atoms with van der Waals surface area (Å²) in [4.78, 5) is 25.2. The summed E-state index contributed by atoms with van der Waals surface area (Å²) in [5.41, 5.74) is 7.90. The van der Waals surface area contributed by atoms with E-state index in [4.69, 9.17) is 5.73 Å². The Hall–Kier alpha value is -2.66. The van der Waals surface area contributed by atoms with E-state index in [1.165, 1.54) is 12.1 Å². The summed E-state index contributed by atoms with van der Waals surface area (Å²) < 4.78 is 0. The van der Waals surface area contributed by atoms with Crippen molar-refractivity contribution in [3.05, 3.63) is 70.8 Å². The topological polar surface area (TPSA) is 83.6 Å². The number of hydrogen-bond acceptors (Lipinski definition) is 3. The summed E-state index contributed by atoms with van der Waals surface area (Å²) in [5, 5.41) is 10.4. The quantitative estimate of drug-likeness (QED) is 0.854. The molecule has 2 rings (SSSR count). The summed E-state index contributed by atoms with van der Waals surface area (Å²) in [6.07, 6.45) is -0.751. The predicted octanol–water partition coefficient (Wildman–Crippen LogP) is 2.29. The number of primary amides is 1. The number of hydrogen-bond donors (Lipinski definition) is 2. The number of aliphatic hydroxyl groups excluding tert-OH is 1. The minimum atomic E-state index is -0.751. The lowest BCUT2D eigenvalue weighted by Crippen LogP contribution is -2.34. The lowest BCUT2D eigenvalue weighted by molar-refractivity contribution is 0.0634. The van der Waals surface area contributed by atoms with Gasteiger partial charge in [0.2, 0.25) is 5.91 Å². The van der Waals surface area contributed by atoms with E-state index in [9.17, 15) is 14.7 Å². The molecule has 1 unspecified atom stereocenters. The van der Waals surface area contributed by atoms with Gasteiger partial charge < -0.3 is 15.7 Å². The molecule has 0 saturated heterocycles. The van der Waals surface area contributed by atoms with Gasteiger partial charge in [0.05, 0.1) is 12.6 Å². The molecule has 24 heavy (non-hydrogen) atoms. The summed E-state index contributed by atoms with van der Waals surface area (Å²) in [6, 6.07) is 13.8. The van der Waals surface area contributed by atoms with Crippen LogP contribution in [0.3, 0.4) is 0 Å². The molecule has 2 aromatic carbocycles. The number of likely N-dealkylation sites (N-methyl/N-ethyl adjacent to an activating group) is 1. The molecule has 0 aliphatic rings. The zero-order valence-electron chi connectivity index (χ0n) is 13.9. The van der Waals surface area contributed by atoms with Crippen LogP contribution in [0.1, 0.15) is 44.9 Å². The highest BCUT2D eigenvalue weighted by atomic mass is 16.3. The van der Waals surface area contributed by atoms with Crippen LogP contribution in [0.5, 0.6) is 0 Å². The number of rotatable bonds is 6. The van der Waals surface area contributed by atoms with Crippen LogP contribution in [0.4, 0.5) is 0 Å². The van der Waals surface area contributed by atoms with Gasteiger partial charge in [0.1, 0.15) is 0 Å². The van der Waals surface area contributed by atoms with Gasteiger partial charge in [0, 0.05) is 17.7 Å². The highest BCUT2D eigenvalue weighted by Crippen LogP contribution is 2.17. The third-order valence-corrected chi connectivity index (χ3v) is 3.94. The Morgan fingerprint density at radius 2 is 1.58 bits per heavy atom. The molecule has 5 nitrogen and oxygen atoms in total. The Kier molecular flexibility index (Phi) is 5.71. The highest BCUT2D eigenvalue weighted by molar-refractivity contribution is 5.97. The molecule has 5 heteroatoms. The monoisotopic (exact) mass is 326 g/mol. The molecule has 0 spiro atoms. The first-order valence-electron chi connectivity index (χ1n) is 7.86. The van der Waals surface area contributed by atoms with Gasteiger partial charge in [-0.15, -0.1) is 0 Å². The molecule has 3 N–H and O–H groups in total. The number of benzene rings is 2. The van der Waals surface area contributed by atoms with Crippen LogP contribution >= 0.6 is 0 Å². The second-order valence-electron chi connectivity index (χ2n) is 5.71. The van der Waals surface area contributed by atoms with Crippen LogP contribution in [-0.4, -0.2) is 34.9 Å². The molecule has 2 amide bonds. The number of carbonyl (C=O) groups is 2. The molecule has 1 atom stereocenters. The maximum absolute atomic E-state index is 12.6. The van der Waals surface area contributed by atoms with Crippen molar-refractivity contribution in [3.63, 3.8) is 0 Å². The number of aliphatic hydroxyl groups is 1. The van der Waals surface area contributed by atoms with Gasteiger partial charge in [-0.25, -0.2) is 0 Å². The van der Waals surface area contributed by atoms with Gasteiger partial charge in [-0.3, -0.25) is 9.59 Å². The van der Waals surface area contributed by atoms with Crippen molar-refractivity contribution in [2.75, 3.05) is 13.1 Å². The van der Waals surface area contributed by atoms with E-state index in [0.717, 1.165) is 11.1 Å². The molecule has 2 aromatic rings. The number of amides is 2. The second-order valence-corrected chi connectivity index (χ2v) is 5.71. The minimum Gasteiger partial charge on any atom is -0.387 e. The van der Waals surface area contributed by atoms with Crippen LogP contribution in [0.15, 0.2) is 48.5 Å². The van der Waals surface area contributed by atoms with Gasteiger partial charge in [-0.2, -0.15) is 0 Å². The SMILES string of the molecule is CCN(CC(O)c1ccc(C)cc1)C(=O)c1ccc(C(N)=O)cc1. The summed E-state index contributed by atoms with van der Waals surface area (Å²) >= 11 is 0. The lowest BCUT2D eigenvalue weighted by Gasteiger charge is -2.24. The van der Waals surface area contributed by atoms with E-state index in [1.807, 2.05) is 38.1 Å². The maximum atomic E-state index is 12.6. The molecule has 0 fully saturated rings. The van der Waals surface area contributed by atoms with Gasteiger partial charge in [-0.1, -0.05) is 29.8 Å². The Bertz CT molecular complexity index is 708. The van der Waals surface area contributed by atoms with Gasteiger partial charge in [-0.05, 0) is 43.7 Å². The fourth-order valence-electron chi connectivity index (χ4n) is 2.42. The maximum Gasteiger partial charge on any atom is 0.253 e. The average Bonchev–Trinajstić information content (AvgIpc) is 2.59. The zero-order chi connectivity index (χ0) is 17.7. The molecular formula is C19H22N2O3. The van der Waals surface area contributed by atoms with E-state index in [2.05, 4.69) is 0 Å². The number of nitrogens with two attached hydrogens (primary N) is 1. The third-order valence-electron chi connectivity index (χ3n) is 3.94. The molecule has 0 bridgehead atoms. The zero-order valence-corrected chi connectivity index (χ0v) is 13.9. The molecule has 126 valence electrons. The van der Waals surface area contributed by atoms with Crippen molar-refractivity contribution >= 4 is 11.8 Å². The van der Waals surface area contributed by atoms with Gasteiger partial charge in [0.15, 0.2) is 0 Å². The average molecular weight is 326 g/mol. The smallest absolute Gasteiger partial charge is 0.253 e. The minimum absolute atomic E-state index is 0.195. The van der Waals surface area contributed by atoms with E-state index >= 15 is 0 Å². The molecule has 0 heterocycles. The Morgan fingerprint density at radius 3 is 2.08 bits per heavy atom. The molecule has 0 radical (unpaired) electrons. The summed E-state index contributed by atoms with van der Waals surface area (Å²) in [6.45, 7) is 4.51. The van der Waals surface area contributed by atoms with Crippen molar-refractivity contribution < 1.29 is 14.7 Å². The molecular weight excluding hydrogens is 304 g/mol. The highest BCUT2D eigenvalue weighted by Gasteiger charge is 2.19. The molecule has 0 saturated carbocycles. The van der Waals surface area contributed by atoms with Crippen LogP contribution in [0.25, 0.3) is 0 Å². The predicted molar refractivity (Wildman–Crippen MR) is 92.7 cm³/mol. The van der Waals surface area contributed by atoms with Crippen molar-refractivity contribution in [3.8, 4) is 0 Å². The van der Waals surface area contributed by atoms with Gasteiger partial charge >= 0.3 is 0 Å². The van der Waals surface area contributed by atoms with Crippen LogP contribution in [-0.2, 0) is 0 Å². The lowest BCUT2D eigenvalue weighted by atomic mass is 10.1. The molecule has 0 aromatic heterocycles. The van der Waals surface area contributed by atoms with E-state index in [-0.39, 0.29) is 12.5 Å². The van der Waals surface area contributed by atoms with Crippen LogP contribution < -0.4 is 5.73 Å². The first-order valence-corrected chi connectivity index (χ1v) is 7.86. The van der Waals surface area contributed by atoms with Gasteiger partial charge in [0.25, 0.3) is 5.91 Å². The van der Waals surface area contributed by atoms with E-state index in [0.29, 0.717) is 17.7 Å². The second kappa shape index (κ2) is 7.75. The van der Waals surface area contributed by atoms with E-state index in [1.54, 1.807) is 17.0 Å². The largest absolute Gasteiger partial charge is 0.387 e. The third kappa shape index (κ3) is 4.20. The molecule has 0 aliphatic heterocycles. The molecule has 0 aliphatic carbocycles. The van der Waals surface area contributed by atoms with Crippen molar-refractivity contribution in [1.82, 2.24) is 4.90 Å². The summed E-state index contributed by atoms with van der Waals surface area (Å²) in [7, 11) is 0. The first-order chi connectivity index (χ1) is 11.4. The number of nitrogens with zero attached hydrogens (tertiary/aromatic N) is 1. The summed E-state index contributed by atoms with van der Waals surface area (Å²) in [5.74, 6) is -0.726. The standard InChI is InChI=1S/C19H22N2O3/c1-3-21(12-17(22)14-6-4-13(2)5-7-14)19(24)16-10-8-15(9-11-16)18(20)23/h4-11,17,22H,3,12H2,1-2H3,(H2,20,23). The Labute approximate surface area is 141 Å². The van der Waals surface area contributed by atoms with E-state index < -0.39 is 12.0 Å². The Balaban J connectivity index is 2.10. The fourth-order valence-corrected chi connectivity index (χ4v) is 2.42. The Morgan fingerprint density at radius 1 is 1.04 bits per heavy atom. The normalized spacial score (nSPS) is 11.8.